The first kappa shape index (κ1) is 23.5. The Kier molecular flexibility index (Phi) is 9.00. The number of anilines is 1. The Balaban J connectivity index is 0.00000256. The molecule has 2 aliphatic heterocycles. The highest BCUT2D eigenvalue weighted by Crippen LogP contribution is 2.34. The van der Waals surface area contributed by atoms with Crippen molar-refractivity contribution >= 4 is 35.8 Å². The topological polar surface area (TPSA) is 56.2 Å². The molecular weight excluding hydrogens is 491 g/mol. The van der Waals surface area contributed by atoms with Crippen molar-refractivity contribution in [1.29, 1.82) is 0 Å². The van der Waals surface area contributed by atoms with Gasteiger partial charge in [-0.1, -0.05) is 25.3 Å². The maximum Gasteiger partial charge on any atom is 0.193 e. The number of morpholine rings is 1. The van der Waals surface area contributed by atoms with Crippen LogP contribution in [-0.2, 0) is 4.74 Å². The molecule has 1 aliphatic carbocycles. The average molecular weight is 528 g/mol. The Hall–Kier alpha value is -1.13. The minimum Gasteiger partial charge on any atom is -0.379 e. The number of ether oxygens (including phenoxy) is 1. The SMILES string of the molecule is CN=C(NCC1(N2CCOCC2)CCCCC1)N1CCN(c2ccccn2)CC1.I. The van der Waals surface area contributed by atoms with Crippen LogP contribution in [0.2, 0.25) is 0 Å². The predicted octanol–water partition coefficient (Wildman–Crippen LogP) is 2.43. The zero-order valence-electron chi connectivity index (χ0n) is 18.3. The monoisotopic (exact) mass is 528 g/mol. The molecular formula is C22H37IN6O. The molecule has 2 saturated heterocycles. The van der Waals surface area contributed by atoms with Crippen molar-refractivity contribution in [2.45, 2.75) is 37.6 Å². The molecule has 0 atom stereocenters. The lowest BCUT2D eigenvalue weighted by Gasteiger charge is -2.48. The van der Waals surface area contributed by atoms with Gasteiger partial charge in [0.1, 0.15) is 5.82 Å². The number of nitrogens with one attached hydrogen (secondary N) is 1. The molecule has 0 bridgehead atoms. The summed E-state index contributed by atoms with van der Waals surface area (Å²) in [6, 6.07) is 6.13. The number of piperazine rings is 1. The summed E-state index contributed by atoms with van der Waals surface area (Å²) < 4.78 is 5.62. The van der Waals surface area contributed by atoms with Gasteiger partial charge in [-0.25, -0.2) is 4.98 Å². The van der Waals surface area contributed by atoms with Crippen molar-refractivity contribution in [1.82, 2.24) is 20.1 Å². The minimum atomic E-state index is 0. The first-order chi connectivity index (χ1) is 14.3. The van der Waals surface area contributed by atoms with Gasteiger partial charge in [0.25, 0.3) is 0 Å². The lowest BCUT2D eigenvalue weighted by atomic mass is 9.79. The van der Waals surface area contributed by atoms with Gasteiger partial charge in [0.15, 0.2) is 5.96 Å². The van der Waals surface area contributed by atoms with Crippen LogP contribution in [0.3, 0.4) is 0 Å². The van der Waals surface area contributed by atoms with E-state index < -0.39 is 0 Å². The van der Waals surface area contributed by atoms with E-state index in [9.17, 15) is 0 Å². The Morgan fingerprint density at radius 2 is 1.80 bits per heavy atom. The summed E-state index contributed by atoms with van der Waals surface area (Å²) in [4.78, 5) is 16.6. The van der Waals surface area contributed by atoms with Crippen LogP contribution in [0.25, 0.3) is 0 Å². The third kappa shape index (κ3) is 5.56. The molecule has 1 aromatic rings. The van der Waals surface area contributed by atoms with Crippen LogP contribution in [0.15, 0.2) is 29.4 Å². The highest BCUT2D eigenvalue weighted by atomic mass is 127. The van der Waals surface area contributed by atoms with Crippen molar-refractivity contribution < 1.29 is 4.74 Å². The van der Waals surface area contributed by atoms with Crippen molar-refractivity contribution in [3.8, 4) is 0 Å². The highest BCUT2D eigenvalue weighted by molar-refractivity contribution is 14.0. The van der Waals surface area contributed by atoms with E-state index >= 15 is 0 Å². The number of guanidine groups is 1. The van der Waals surface area contributed by atoms with E-state index in [-0.39, 0.29) is 29.5 Å². The highest BCUT2D eigenvalue weighted by Gasteiger charge is 2.39. The molecule has 3 aliphatic rings. The summed E-state index contributed by atoms with van der Waals surface area (Å²) in [5.74, 6) is 2.12. The third-order valence-electron chi connectivity index (χ3n) is 6.81. The Morgan fingerprint density at radius 3 is 2.43 bits per heavy atom. The summed E-state index contributed by atoms with van der Waals surface area (Å²) in [5, 5.41) is 3.76. The molecule has 168 valence electrons. The van der Waals surface area contributed by atoms with Gasteiger partial charge in [-0.2, -0.15) is 0 Å². The van der Waals surface area contributed by atoms with Crippen molar-refractivity contribution in [3.05, 3.63) is 24.4 Å². The quantitative estimate of drug-likeness (QED) is 0.368. The Bertz CT molecular complexity index is 653. The third-order valence-corrected chi connectivity index (χ3v) is 6.81. The number of hydrogen-bond acceptors (Lipinski definition) is 5. The largest absolute Gasteiger partial charge is 0.379 e. The first-order valence-electron chi connectivity index (χ1n) is 11.3. The second-order valence-electron chi connectivity index (χ2n) is 8.45. The smallest absolute Gasteiger partial charge is 0.193 e. The maximum absolute atomic E-state index is 5.62. The standard InChI is InChI=1S/C22H36N6O.HI/c1-23-21(27-13-11-26(12-14-27)20-7-3-6-10-24-20)25-19-22(8-4-2-5-9-22)28-15-17-29-18-16-28;/h3,6-7,10H,2,4-5,8-9,11-19H2,1H3,(H,23,25);1H. The van der Waals surface area contributed by atoms with Crippen molar-refractivity contribution in [2.24, 2.45) is 4.99 Å². The lowest BCUT2D eigenvalue weighted by molar-refractivity contribution is -0.0354. The zero-order valence-corrected chi connectivity index (χ0v) is 20.6. The minimum absolute atomic E-state index is 0. The Morgan fingerprint density at radius 1 is 1.07 bits per heavy atom. The van der Waals surface area contributed by atoms with Gasteiger partial charge in [0.2, 0.25) is 0 Å². The van der Waals surface area contributed by atoms with Gasteiger partial charge in [0, 0.05) is 64.6 Å². The number of halogens is 1. The Labute approximate surface area is 198 Å². The molecule has 1 aromatic heterocycles. The number of aromatic nitrogens is 1. The number of hydrogen-bond donors (Lipinski definition) is 1. The molecule has 0 spiro atoms. The molecule has 3 heterocycles. The van der Waals surface area contributed by atoms with Gasteiger partial charge in [-0.3, -0.25) is 9.89 Å². The molecule has 3 fully saturated rings. The number of pyridine rings is 1. The average Bonchev–Trinajstić information content (AvgIpc) is 2.82. The maximum atomic E-state index is 5.62. The second kappa shape index (κ2) is 11.5. The molecule has 7 nitrogen and oxygen atoms in total. The molecule has 0 unspecified atom stereocenters. The van der Waals surface area contributed by atoms with Gasteiger partial charge in [0.05, 0.1) is 13.2 Å². The van der Waals surface area contributed by atoms with Gasteiger partial charge in [-0.15, -0.1) is 24.0 Å². The van der Waals surface area contributed by atoms with Crippen molar-refractivity contribution in [2.75, 3.05) is 71.0 Å². The van der Waals surface area contributed by atoms with E-state index in [0.717, 1.165) is 70.8 Å². The fourth-order valence-corrected chi connectivity index (χ4v) is 5.12. The van der Waals surface area contributed by atoms with Crippen LogP contribution in [0.4, 0.5) is 5.82 Å². The molecule has 8 heteroatoms. The van der Waals surface area contributed by atoms with Gasteiger partial charge < -0.3 is 19.9 Å². The van der Waals surface area contributed by atoms with Crippen LogP contribution in [-0.4, -0.2) is 92.4 Å². The lowest BCUT2D eigenvalue weighted by Crippen LogP contribution is -2.61. The molecule has 1 N–H and O–H groups in total. The van der Waals surface area contributed by atoms with Crippen LogP contribution in [0.1, 0.15) is 32.1 Å². The summed E-state index contributed by atoms with van der Waals surface area (Å²) in [5.41, 5.74) is 0.258. The van der Waals surface area contributed by atoms with E-state index in [1.54, 1.807) is 0 Å². The summed E-state index contributed by atoms with van der Waals surface area (Å²) in [6.07, 6.45) is 8.48. The fourth-order valence-electron chi connectivity index (χ4n) is 5.12. The zero-order chi connectivity index (χ0) is 19.9. The molecule has 4 rings (SSSR count). The van der Waals surface area contributed by atoms with Gasteiger partial charge in [-0.05, 0) is 25.0 Å². The summed E-state index contributed by atoms with van der Waals surface area (Å²) in [7, 11) is 1.91. The fraction of sp³-hybridized carbons (Fsp3) is 0.727. The summed E-state index contributed by atoms with van der Waals surface area (Å²) in [6.45, 7) is 8.74. The van der Waals surface area contributed by atoms with Crippen LogP contribution in [0, 0.1) is 0 Å². The first-order valence-corrected chi connectivity index (χ1v) is 11.3. The van der Waals surface area contributed by atoms with E-state index in [0.29, 0.717) is 0 Å². The predicted molar refractivity (Wildman–Crippen MR) is 133 cm³/mol. The molecule has 0 amide bonds. The normalized spacial score (nSPS) is 23.0. The second-order valence-corrected chi connectivity index (χ2v) is 8.45. The van der Waals surface area contributed by atoms with E-state index in [2.05, 4.69) is 42.1 Å². The number of rotatable bonds is 4. The molecule has 30 heavy (non-hydrogen) atoms. The number of nitrogens with zero attached hydrogens (tertiary/aromatic N) is 5. The van der Waals surface area contributed by atoms with E-state index in [4.69, 9.17) is 4.74 Å². The van der Waals surface area contributed by atoms with Crippen molar-refractivity contribution in [3.63, 3.8) is 0 Å². The molecule has 1 saturated carbocycles. The molecule has 0 aromatic carbocycles. The van der Waals surface area contributed by atoms with Crippen LogP contribution >= 0.6 is 24.0 Å². The summed E-state index contributed by atoms with van der Waals surface area (Å²) >= 11 is 0. The van der Waals surface area contributed by atoms with Crippen LogP contribution < -0.4 is 10.2 Å². The van der Waals surface area contributed by atoms with Crippen LogP contribution in [0.5, 0.6) is 0 Å². The number of aliphatic imine (C=N–C) groups is 1. The van der Waals surface area contributed by atoms with Gasteiger partial charge >= 0.3 is 0 Å². The van der Waals surface area contributed by atoms with E-state index in [1.807, 2.05) is 19.3 Å². The molecule has 0 radical (unpaired) electrons. The van der Waals surface area contributed by atoms with E-state index in [1.165, 1.54) is 32.1 Å².